The fourth-order valence-corrected chi connectivity index (χ4v) is 5.62. The van der Waals surface area contributed by atoms with Crippen LogP contribution in [-0.2, 0) is 6.54 Å². The molecule has 1 heterocycles. The molecule has 0 aliphatic heterocycles. The molecule has 2 N–H and O–H groups in total. The van der Waals surface area contributed by atoms with Crippen LogP contribution in [0, 0.1) is 0 Å². The molecule has 1 fully saturated rings. The number of benzene rings is 3. The number of carboxylic acid groups (broad SMARTS) is 1. The van der Waals surface area contributed by atoms with Crippen LogP contribution in [0.25, 0.3) is 11.3 Å². The molecule has 37 heavy (non-hydrogen) atoms. The molecule has 0 radical (unpaired) electrons. The molecule has 0 bridgehead atoms. The van der Waals surface area contributed by atoms with Crippen LogP contribution >= 0.6 is 11.3 Å². The molecule has 1 aliphatic rings. The number of thiazole rings is 1. The first-order valence-corrected chi connectivity index (χ1v) is 13.4. The third-order valence-electron chi connectivity index (χ3n) is 7.01. The van der Waals surface area contributed by atoms with Gasteiger partial charge in [0.25, 0.3) is 0 Å². The summed E-state index contributed by atoms with van der Waals surface area (Å²) in [4.78, 5) is 17.8. The number of hydrogen-bond acceptors (Lipinski definition) is 5. The van der Waals surface area contributed by atoms with E-state index in [0.717, 1.165) is 40.2 Å². The van der Waals surface area contributed by atoms with Gasteiger partial charge in [0.15, 0.2) is 5.13 Å². The van der Waals surface area contributed by atoms with Crippen LogP contribution in [-0.4, -0.2) is 52.7 Å². The number of hydrogen-bond donors (Lipinski definition) is 2. The average Bonchev–Trinajstić information content (AvgIpc) is 3.43. The first-order chi connectivity index (χ1) is 17.6. The van der Waals surface area contributed by atoms with E-state index >= 15 is 0 Å². The van der Waals surface area contributed by atoms with Crippen molar-refractivity contribution < 1.29 is 9.90 Å². The molecular formula is C30H32N3NaO2S. The van der Waals surface area contributed by atoms with Crippen molar-refractivity contribution >= 4 is 63.4 Å². The minimum atomic E-state index is -0.925. The first-order valence-electron chi connectivity index (χ1n) is 12.5. The number of rotatable bonds is 8. The fourth-order valence-electron chi connectivity index (χ4n) is 4.80. The number of aromatic nitrogens is 1. The Hall–Kier alpha value is -2.64. The first kappa shape index (κ1) is 27.4. The van der Waals surface area contributed by atoms with E-state index in [-0.39, 0.29) is 35.1 Å². The van der Waals surface area contributed by atoms with Gasteiger partial charge in [-0.05, 0) is 66.3 Å². The van der Waals surface area contributed by atoms with Gasteiger partial charge in [-0.25, -0.2) is 9.78 Å². The van der Waals surface area contributed by atoms with E-state index < -0.39 is 5.97 Å². The molecule has 0 amide bonds. The minimum absolute atomic E-state index is 0. The number of aromatic carboxylic acids is 1. The van der Waals surface area contributed by atoms with Gasteiger partial charge >= 0.3 is 35.5 Å². The van der Waals surface area contributed by atoms with Gasteiger partial charge in [0.1, 0.15) is 0 Å². The van der Waals surface area contributed by atoms with Crippen LogP contribution in [0.4, 0.5) is 16.5 Å². The molecule has 1 saturated carbocycles. The second kappa shape index (κ2) is 12.7. The number of nitrogens with one attached hydrogen (secondary N) is 1. The zero-order chi connectivity index (χ0) is 24.9. The molecule has 5 rings (SSSR count). The number of carboxylic acids is 1. The molecule has 1 aliphatic carbocycles. The summed E-state index contributed by atoms with van der Waals surface area (Å²) in [6, 6.07) is 24.3. The van der Waals surface area contributed by atoms with Gasteiger partial charge in [0.2, 0.25) is 0 Å². The monoisotopic (exact) mass is 521 g/mol. The Bertz CT molecular complexity index is 1300. The van der Waals surface area contributed by atoms with Crippen molar-refractivity contribution in [2.24, 2.45) is 0 Å². The maximum atomic E-state index is 11.1. The second-order valence-corrected chi connectivity index (χ2v) is 10.3. The summed E-state index contributed by atoms with van der Waals surface area (Å²) in [6.07, 6.45) is 6.79. The van der Waals surface area contributed by atoms with Crippen molar-refractivity contribution in [1.82, 2.24) is 4.98 Å². The zero-order valence-electron chi connectivity index (χ0n) is 20.5. The Morgan fingerprint density at radius 3 is 2.30 bits per heavy atom. The van der Waals surface area contributed by atoms with Crippen LogP contribution in [0.2, 0.25) is 0 Å². The zero-order valence-corrected chi connectivity index (χ0v) is 21.3. The van der Waals surface area contributed by atoms with Crippen LogP contribution in [0.15, 0.2) is 78.2 Å². The van der Waals surface area contributed by atoms with Crippen LogP contribution < -0.4 is 10.2 Å². The van der Waals surface area contributed by atoms with Gasteiger partial charge < -0.3 is 15.3 Å². The third kappa shape index (κ3) is 6.82. The fraction of sp³-hybridized carbons (Fsp3) is 0.267. The predicted octanol–water partition coefficient (Wildman–Crippen LogP) is 7.29. The summed E-state index contributed by atoms with van der Waals surface area (Å²) in [7, 11) is 1.94. The summed E-state index contributed by atoms with van der Waals surface area (Å²) in [6.45, 7) is 0.802. The van der Waals surface area contributed by atoms with Gasteiger partial charge in [-0.2, -0.15) is 0 Å². The molecule has 0 spiro atoms. The Balaban J connectivity index is 0.00000320. The van der Waals surface area contributed by atoms with Crippen LogP contribution in [0.5, 0.6) is 0 Å². The van der Waals surface area contributed by atoms with Crippen LogP contribution in [0.3, 0.4) is 0 Å². The molecule has 0 saturated heterocycles. The third-order valence-corrected chi connectivity index (χ3v) is 7.93. The van der Waals surface area contributed by atoms with Gasteiger partial charge in [0, 0.05) is 35.9 Å². The van der Waals surface area contributed by atoms with E-state index in [0.29, 0.717) is 0 Å². The normalized spacial score (nSPS) is 13.5. The quantitative estimate of drug-likeness (QED) is 0.238. The van der Waals surface area contributed by atoms with E-state index in [2.05, 4.69) is 53.8 Å². The van der Waals surface area contributed by atoms with Crippen molar-refractivity contribution in [1.29, 1.82) is 0 Å². The van der Waals surface area contributed by atoms with Crippen molar-refractivity contribution in [2.45, 2.75) is 44.6 Å². The summed E-state index contributed by atoms with van der Waals surface area (Å²) < 4.78 is 0. The Kier molecular flexibility index (Phi) is 9.43. The topological polar surface area (TPSA) is 65.5 Å². The van der Waals surface area contributed by atoms with Crippen molar-refractivity contribution in [3.05, 3.63) is 94.9 Å². The number of carbonyl (C=O) groups is 1. The molecule has 7 heteroatoms. The summed E-state index contributed by atoms with van der Waals surface area (Å²) >= 11 is 1.56. The SMILES string of the molecule is CN(c1ccc(C(=O)O)cc1)c1nc(-c2ccc(NCc3ccc(C4CCCCC4)cc3)cc2)cs1.[NaH]. The van der Waals surface area contributed by atoms with E-state index in [9.17, 15) is 4.79 Å². The molecule has 3 aromatic carbocycles. The number of nitrogens with zero attached hydrogens (tertiary/aromatic N) is 2. The van der Waals surface area contributed by atoms with E-state index in [1.54, 1.807) is 35.6 Å². The van der Waals surface area contributed by atoms with Gasteiger partial charge in [-0.15, -0.1) is 11.3 Å². The Morgan fingerprint density at radius 2 is 1.65 bits per heavy atom. The summed E-state index contributed by atoms with van der Waals surface area (Å²) in [5, 5.41) is 15.5. The van der Waals surface area contributed by atoms with Crippen molar-refractivity contribution in [3.63, 3.8) is 0 Å². The molecular weight excluding hydrogens is 489 g/mol. The second-order valence-electron chi connectivity index (χ2n) is 9.43. The van der Waals surface area contributed by atoms with E-state index in [1.165, 1.54) is 43.2 Å². The standard InChI is InChI=1S/C30H31N3O2S.Na.H/c1-33(27-17-13-25(14-18-27)29(34)35)30-32-28(20-36-30)24-11-15-26(16-12-24)31-19-21-7-9-23(10-8-21)22-5-3-2-4-6-22;;/h7-18,20,22,31H,2-6,19H2,1H3,(H,34,35);;. The van der Waals surface area contributed by atoms with Gasteiger partial charge in [0.05, 0.1) is 11.3 Å². The van der Waals surface area contributed by atoms with E-state index in [4.69, 9.17) is 10.1 Å². The number of anilines is 3. The molecule has 5 nitrogen and oxygen atoms in total. The van der Waals surface area contributed by atoms with Crippen molar-refractivity contribution in [3.8, 4) is 11.3 Å². The average molecular weight is 522 g/mol. The maximum absolute atomic E-state index is 11.1. The molecule has 0 atom stereocenters. The summed E-state index contributed by atoms with van der Waals surface area (Å²) in [5.41, 5.74) is 7.03. The van der Waals surface area contributed by atoms with Gasteiger partial charge in [-0.1, -0.05) is 55.7 Å². The van der Waals surface area contributed by atoms with Gasteiger partial charge in [-0.3, -0.25) is 0 Å². The Morgan fingerprint density at radius 1 is 0.973 bits per heavy atom. The predicted molar refractivity (Wildman–Crippen MR) is 156 cm³/mol. The molecule has 4 aromatic rings. The van der Waals surface area contributed by atoms with Crippen molar-refractivity contribution in [2.75, 3.05) is 17.3 Å². The molecule has 1 aromatic heterocycles. The Labute approximate surface area is 244 Å². The van der Waals surface area contributed by atoms with E-state index in [1.807, 2.05) is 17.3 Å². The van der Waals surface area contributed by atoms with Crippen LogP contribution in [0.1, 0.15) is 59.5 Å². The molecule has 0 unspecified atom stereocenters. The summed E-state index contributed by atoms with van der Waals surface area (Å²) in [5.74, 6) is -0.178. The molecule has 186 valence electrons.